The summed E-state index contributed by atoms with van der Waals surface area (Å²) in [5.74, 6) is 0.560. The molecule has 2 rings (SSSR count). The maximum Gasteiger partial charge on any atom is 0.401 e. The molecule has 24 heavy (non-hydrogen) atoms. The predicted octanol–water partition coefficient (Wildman–Crippen LogP) is 1.17. The van der Waals surface area contributed by atoms with Gasteiger partial charge in [-0.1, -0.05) is 0 Å². The molecule has 10 heteroatoms. The number of likely N-dealkylation sites (tertiary alicyclic amines) is 1. The molecule has 2 amide bonds. The minimum absolute atomic E-state index is 0.197. The lowest BCUT2D eigenvalue weighted by Crippen LogP contribution is -2.43. The third kappa shape index (κ3) is 4.76. The molecule has 1 aliphatic heterocycles. The second-order valence-corrected chi connectivity index (χ2v) is 5.86. The molecule has 1 saturated heterocycles. The zero-order chi connectivity index (χ0) is 17.9. The van der Waals surface area contributed by atoms with Crippen molar-refractivity contribution >= 4 is 6.03 Å². The van der Waals surface area contributed by atoms with E-state index in [0.717, 1.165) is 11.3 Å². The molecule has 1 fully saturated rings. The first-order valence-electron chi connectivity index (χ1n) is 7.59. The monoisotopic (exact) mass is 349 g/mol. The summed E-state index contributed by atoms with van der Waals surface area (Å²) >= 11 is 0. The van der Waals surface area contributed by atoms with E-state index in [1.54, 1.807) is 11.7 Å². The summed E-state index contributed by atoms with van der Waals surface area (Å²) in [4.78, 5) is 13.2. The third-order valence-corrected chi connectivity index (χ3v) is 3.92. The van der Waals surface area contributed by atoms with Crippen molar-refractivity contribution in [3.05, 3.63) is 11.3 Å². The maximum absolute atomic E-state index is 12.4. The molecule has 0 aromatic carbocycles. The number of rotatable bonds is 5. The van der Waals surface area contributed by atoms with Gasteiger partial charge in [-0.3, -0.25) is 4.90 Å². The van der Waals surface area contributed by atoms with Gasteiger partial charge in [0, 0.05) is 26.2 Å². The van der Waals surface area contributed by atoms with Crippen LogP contribution in [0.2, 0.25) is 0 Å². The Morgan fingerprint density at radius 3 is 2.79 bits per heavy atom. The average molecular weight is 349 g/mol. The molecule has 0 saturated carbocycles. The van der Waals surface area contributed by atoms with Gasteiger partial charge < -0.3 is 15.4 Å². The van der Waals surface area contributed by atoms with Gasteiger partial charge in [0.05, 0.1) is 31.5 Å². The number of nitrogens with one attached hydrogen (secondary N) is 2. The number of carbonyl (C=O) groups excluding carboxylic acids is 1. The number of nitrogens with zero attached hydrogens (tertiary/aromatic N) is 3. The minimum Gasteiger partial charge on any atom is -0.481 e. The van der Waals surface area contributed by atoms with E-state index in [1.807, 2.05) is 6.92 Å². The average Bonchev–Trinajstić information content (AvgIpc) is 2.98. The van der Waals surface area contributed by atoms with Gasteiger partial charge in [0.1, 0.15) is 0 Å². The Labute approximate surface area is 138 Å². The summed E-state index contributed by atoms with van der Waals surface area (Å²) in [5.41, 5.74) is 1.51. The van der Waals surface area contributed by atoms with Gasteiger partial charge in [0.2, 0.25) is 5.88 Å². The molecule has 7 nitrogen and oxygen atoms in total. The van der Waals surface area contributed by atoms with Crippen LogP contribution in [0.5, 0.6) is 5.88 Å². The molecule has 0 bridgehead atoms. The summed E-state index contributed by atoms with van der Waals surface area (Å²) in [5, 5.41) is 9.61. The fraction of sp³-hybridized carbons (Fsp3) is 0.714. The van der Waals surface area contributed by atoms with Crippen LogP contribution in [0.15, 0.2) is 0 Å². The lowest BCUT2D eigenvalue weighted by molar-refractivity contribution is -0.143. The van der Waals surface area contributed by atoms with Crippen molar-refractivity contribution in [3.8, 4) is 5.88 Å². The largest absolute Gasteiger partial charge is 0.481 e. The van der Waals surface area contributed by atoms with Gasteiger partial charge in [0.15, 0.2) is 0 Å². The number of hydrogen-bond donors (Lipinski definition) is 2. The van der Waals surface area contributed by atoms with Crippen LogP contribution in [0.1, 0.15) is 17.7 Å². The Kier molecular flexibility index (Phi) is 5.58. The molecule has 0 unspecified atom stereocenters. The first-order chi connectivity index (χ1) is 11.2. The van der Waals surface area contributed by atoms with Gasteiger partial charge in [-0.15, -0.1) is 0 Å². The van der Waals surface area contributed by atoms with Crippen molar-refractivity contribution in [1.29, 1.82) is 0 Å². The second-order valence-electron chi connectivity index (χ2n) is 5.86. The fourth-order valence-corrected chi connectivity index (χ4v) is 2.89. The Bertz CT molecular complexity index is 588. The Morgan fingerprint density at radius 2 is 2.17 bits per heavy atom. The highest BCUT2D eigenvalue weighted by atomic mass is 19.4. The van der Waals surface area contributed by atoms with E-state index in [-0.39, 0.29) is 19.1 Å². The van der Waals surface area contributed by atoms with E-state index in [2.05, 4.69) is 15.7 Å². The number of alkyl halides is 3. The van der Waals surface area contributed by atoms with Crippen molar-refractivity contribution in [1.82, 2.24) is 25.3 Å². The van der Waals surface area contributed by atoms with E-state index in [9.17, 15) is 18.0 Å². The summed E-state index contributed by atoms with van der Waals surface area (Å²) in [6, 6.07) is -0.705. The number of methoxy groups -OCH3 is 1. The van der Waals surface area contributed by atoms with Gasteiger partial charge in [-0.25, -0.2) is 9.48 Å². The number of halogens is 3. The predicted molar refractivity (Wildman–Crippen MR) is 80.8 cm³/mol. The third-order valence-electron chi connectivity index (χ3n) is 3.92. The van der Waals surface area contributed by atoms with E-state index >= 15 is 0 Å². The Morgan fingerprint density at radius 1 is 1.46 bits per heavy atom. The van der Waals surface area contributed by atoms with Crippen molar-refractivity contribution in [2.75, 3.05) is 26.7 Å². The summed E-state index contributed by atoms with van der Waals surface area (Å²) in [6.45, 7) is 1.61. The SMILES string of the molecule is COc1c(CNC(=O)N[C@@H]2CCN(CC(F)(F)F)C2)c(C)nn1C. The number of urea groups is 1. The van der Waals surface area contributed by atoms with Gasteiger partial charge in [0.25, 0.3) is 0 Å². The Balaban J connectivity index is 1.81. The quantitative estimate of drug-likeness (QED) is 0.837. The lowest BCUT2D eigenvalue weighted by atomic mass is 10.2. The molecule has 136 valence electrons. The lowest BCUT2D eigenvalue weighted by Gasteiger charge is -2.18. The molecule has 2 heterocycles. The van der Waals surface area contributed by atoms with E-state index in [0.29, 0.717) is 18.8 Å². The standard InChI is InChI=1S/C14H22F3N5O2/c1-9-11(12(24-3)21(2)20-9)6-18-13(23)19-10-4-5-22(7-10)8-14(15,16)17/h10H,4-8H2,1-3H3,(H2,18,19,23)/t10-/m1/s1. The second kappa shape index (κ2) is 7.29. The van der Waals surface area contributed by atoms with Crippen LogP contribution >= 0.6 is 0 Å². The molecule has 1 aliphatic rings. The van der Waals surface area contributed by atoms with Crippen molar-refractivity contribution in [2.24, 2.45) is 7.05 Å². The van der Waals surface area contributed by atoms with Crippen LogP contribution in [0.25, 0.3) is 0 Å². The summed E-state index contributed by atoms with van der Waals surface area (Å²) in [7, 11) is 3.26. The van der Waals surface area contributed by atoms with Crippen molar-refractivity contribution < 1.29 is 22.7 Å². The van der Waals surface area contributed by atoms with E-state index in [4.69, 9.17) is 4.74 Å². The molecule has 1 aromatic rings. The number of amides is 2. The van der Waals surface area contributed by atoms with Crippen LogP contribution in [0.4, 0.5) is 18.0 Å². The van der Waals surface area contributed by atoms with Gasteiger partial charge in [-0.2, -0.15) is 18.3 Å². The van der Waals surface area contributed by atoms with E-state index < -0.39 is 18.8 Å². The molecule has 0 aliphatic carbocycles. The molecule has 0 spiro atoms. The topological polar surface area (TPSA) is 71.4 Å². The number of hydrogen-bond acceptors (Lipinski definition) is 4. The number of ether oxygens (including phenoxy) is 1. The first-order valence-corrected chi connectivity index (χ1v) is 7.59. The highest BCUT2D eigenvalue weighted by Gasteiger charge is 2.34. The maximum atomic E-state index is 12.4. The minimum atomic E-state index is -4.22. The normalized spacial score (nSPS) is 18.7. The summed E-state index contributed by atoms with van der Waals surface area (Å²) < 4.78 is 43.9. The van der Waals surface area contributed by atoms with Crippen molar-refractivity contribution in [3.63, 3.8) is 0 Å². The smallest absolute Gasteiger partial charge is 0.401 e. The zero-order valence-electron chi connectivity index (χ0n) is 13.9. The molecular formula is C14H22F3N5O2. The van der Waals surface area contributed by atoms with Crippen LogP contribution in [0, 0.1) is 6.92 Å². The Hall–Kier alpha value is -1.97. The van der Waals surface area contributed by atoms with Gasteiger partial charge in [-0.05, 0) is 13.3 Å². The molecule has 1 aromatic heterocycles. The molecular weight excluding hydrogens is 327 g/mol. The fourth-order valence-electron chi connectivity index (χ4n) is 2.89. The number of carbonyl (C=O) groups is 1. The van der Waals surface area contributed by atoms with Gasteiger partial charge >= 0.3 is 12.2 Å². The van der Waals surface area contributed by atoms with E-state index in [1.165, 1.54) is 12.0 Å². The molecule has 2 N–H and O–H groups in total. The summed E-state index contributed by atoms with van der Waals surface area (Å²) in [6.07, 6.45) is -3.72. The highest BCUT2D eigenvalue weighted by Crippen LogP contribution is 2.21. The van der Waals surface area contributed by atoms with Crippen molar-refractivity contribution in [2.45, 2.75) is 32.1 Å². The van der Waals surface area contributed by atoms with Crippen LogP contribution in [-0.4, -0.2) is 59.7 Å². The van der Waals surface area contributed by atoms with Crippen LogP contribution in [-0.2, 0) is 13.6 Å². The van der Waals surface area contributed by atoms with Crippen LogP contribution in [0.3, 0.4) is 0 Å². The highest BCUT2D eigenvalue weighted by molar-refractivity contribution is 5.74. The molecule has 1 atom stereocenters. The number of aromatic nitrogens is 2. The first kappa shape index (κ1) is 18.4. The molecule has 0 radical (unpaired) electrons. The number of aryl methyl sites for hydroxylation is 2. The van der Waals surface area contributed by atoms with Crippen LogP contribution < -0.4 is 15.4 Å². The zero-order valence-corrected chi connectivity index (χ0v) is 13.9.